The maximum absolute atomic E-state index is 4.59. The first-order valence-corrected chi connectivity index (χ1v) is 7.36. The molecule has 4 nitrogen and oxygen atoms in total. The Morgan fingerprint density at radius 3 is 2.76 bits per heavy atom. The number of thioether (sulfide) groups is 1. The van der Waals surface area contributed by atoms with E-state index in [1.165, 1.54) is 0 Å². The van der Waals surface area contributed by atoms with Gasteiger partial charge >= 0.3 is 0 Å². The Morgan fingerprint density at radius 1 is 1.41 bits per heavy atom. The van der Waals surface area contributed by atoms with Crippen LogP contribution >= 0.6 is 11.8 Å². The Bertz CT molecular complexity index is 343. The predicted molar refractivity (Wildman–Crippen MR) is 77.2 cm³/mol. The minimum atomic E-state index is 0.898. The van der Waals surface area contributed by atoms with Gasteiger partial charge in [0.05, 0.1) is 0 Å². The van der Waals surface area contributed by atoms with E-state index in [0.717, 1.165) is 42.6 Å². The summed E-state index contributed by atoms with van der Waals surface area (Å²) >= 11 is 1.85. The Labute approximate surface area is 108 Å². The second-order valence-corrected chi connectivity index (χ2v) is 4.93. The predicted octanol–water partition coefficient (Wildman–Crippen LogP) is 2.27. The van der Waals surface area contributed by atoms with Crippen LogP contribution in [0.4, 0.5) is 11.6 Å². The van der Waals surface area contributed by atoms with Crippen molar-refractivity contribution in [3.8, 4) is 0 Å². The van der Waals surface area contributed by atoms with Crippen molar-refractivity contribution < 1.29 is 0 Å². The van der Waals surface area contributed by atoms with Gasteiger partial charge < -0.3 is 10.2 Å². The molecule has 0 aliphatic carbocycles. The number of hydrogen-bond donors (Lipinski definition) is 1. The van der Waals surface area contributed by atoms with Gasteiger partial charge in [0.1, 0.15) is 17.5 Å². The molecule has 0 saturated heterocycles. The van der Waals surface area contributed by atoms with Gasteiger partial charge in [-0.25, -0.2) is 9.97 Å². The molecule has 0 aliphatic rings. The molecule has 0 aromatic carbocycles. The lowest BCUT2D eigenvalue weighted by atomic mass is 10.3. The molecule has 96 valence electrons. The zero-order valence-corrected chi connectivity index (χ0v) is 12.0. The van der Waals surface area contributed by atoms with Gasteiger partial charge in [0.15, 0.2) is 0 Å². The molecular weight excluding hydrogens is 232 g/mol. The summed E-state index contributed by atoms with van der Waals surface area (Å²) in [6.45, 7) is 3.15. The smallest absolute Gasteiger partial charge is 0.134 e. The standard InChI is InChI=1S/C12H22N4S/c1-5-6-10-14-11(13-2)9-12(15-10)16(3)7-8-17-4/h9H,5-8H2,1-4H3,(H,13,14,15). The highest BCUT2D eigenvalue weighted by Crippen LogP contribution is 2.15. The molecule has 0 atom stereocenters. The average Bonchev–Trinajstić information content (AvgIpc) is 2.35. The molecule has 17 heavy (non-hydrogen) atoms. The van der Waals surface area contributed by atoms with Crippen molar-refractivity contribution in [1.29, 1.82) is 0 Å². The van der Waals surface area contributed by atoms with Gasteiger partial charge in [0.25, 0.3) is 0 Å². The molecular formula is C12H22N4S. The molecule has 1 aromatic heterocycles. The fraction of sp³-hybridized carbons (Fsp3) is 0.667. The van der Waals surface area contributed by atoms with E-state index in [4.69, 9.17) is 0 Å². The van der Waals surface area contributed by atoms with Gasteiger partial charge in [-0.1, -0.05) is 6.92 Å². The summed E-state index contributed by atoms with van der Waals surface area (Å²) in [6, 6.07) is 2.00. The fourth-order valence-electron chi connectivity index (χ4n) is 1.48. The van der Waals surface area contributed by atoms with E-state index < -0.39 is 0 Å². The zero-order valence-electron chi connectivity index (χ0n) is 11.2. The third kappa shape index (κ3) is 4.42. The highest BCUT2D eigenvalue weighted by atomic mass is 32.2. The molecule has 0 fully saturated rings. The summed E-state index contributed by atoms with van der Waals surface area (Å²) in [6.07, 6.45) is 4.12. The van der Waals surface area contributed by atoms with E-state index in [1.54, 1.807) is 0 Å². The molecule has 1 rings (SSSR count). The van der Waals surface area contributed by atoms with Gasteiger partial charge in [0, 0.05) is 38.9 Å². The Kier molecular flexibility index (Phi) is 6.11. The molecule has 1 heterocycles. The van der Waals surface area contributed by atoms with Gasteiger partial charge in [-0.3, -0.25) is 0 Å². The van der Waals surface area contributed by atoms with E-state index in [9.17, 15) is 0 Å². The summed E-state index contributed by atoms with van der Waals surface area (Å²) in [5.41, 5.74) is 0. The monoisotopic (exact) mass is 254 g/mol. The lowest BCUT2D eigenvalue weighted by molar-refractivity contribution is 0.821. The van der Waals surface area contributed by atoms with Gasteiger partial charge in [-0.2, -0.15) is 11.8 Å². The average molecular weight is 254 g/mol. The van der Waals surface area contributed by atoms with Crippen LogP contribution in [0.2, 0.25) is 0 Å². The third-order valence-electron chi connectivity index (χ3n) is 2.51. The van der Waals surface area contributed by atoms with E-state index >= 15 is 0 Å². The number of nitrogens with zero attached hydrogens (tertiary/aromatic N) is 3. The summed E-state index contributed by atoms with van der Waals surface area (Å²) in [5.74, 6) is 3.93. The van der Waals surface area contributed by atoms with Crippen LogP contribution in [-0.4, -0.2) is 42.6 Å². The van der Waals surface area contributed by atoms with Gasteiger partial charge in [0.2, 0.25) is 0 Å². The van der Waals surface area contributed by atoms with Crippen molar-refractivity contribution in [2.45, 2.75) is 19.8 Å². The first kappa shape index (κ1) is 14.1. The van der Waals surface area contributed by atoms with E-state index in [0.29, 0.717) is 0 Å². The Balaban J connectivity index is 2.85. The summed E-state index contributed by atoms with van der Waals surface area (Å²) in [4.78, 5) is 11.2. The van der Waals surface area contributed by atoms with Crippen molar-refractivity contribution in [2.75, 3.05) is 42.9 Å². The second-order valence-electron chi connectivity index (χ2n) is 3.94. The van der Waals surface area contributed by atoms with Crippen LogP contribution in [0.5, 0.6) is 0 Å². The maximum atomic E-state index is 4.59. The van der Waals surface area contributed by atoms with Crippen LogP contribution in [0.3, 0.4) is 0 Å². The van der Waals surface area contributed by atoms with Crippen LogP contribution < -0.4 is 10.2 Å². The molecule has 0 bridgehead atoms. The lowest BCUT2D eigenvalue weighted by Crippen LogP contribution is -2.22. The normalized spacial score (nSPS) is 10.4. The Hall–Kier alpha value is -0.970. The second kappa shape index (κ2) is 7.37. The van der Waals surface area contributed by atoms with Crippen molar-refractivity contribution in [3.05, 3.63) is 11.9 Å². The van der Waals surface area contributed by atoms with Crippen molar-refractivity contribution in [2.24, 2.45) is 0 Å². The molecule has 5 heteroatoms. The topological polar surface area (TPSA) is 41.1 Å². The highest BCUT2D eigenvalue weighted by molar-refractivity contribution is 7.98. The van der Waals surface area contributed by atoms with Crippen molar-refractivity contribution in [3.63, 3.8) is 0 Å². The summed E-state index contributed by atoms with van der Waals surface area (Å²) in [5, 5.41) is 3.09. The van der Waals surface area contributed by atoms with Gasteiger partial charge in [-0.15, -0.1) is 0 Å². The summed E-state index contributed by atoms with van der Waals surface area (Å²) in [7, 11) is 3.97. The van der Waals surface area contributed by atoms with E-state index in [-0.39, 0.29) is 0 Å². The number of aryl methyl sites for hydroxylation is 1. The van der Waals surface area contributed by atoms with Crippen LogP contribution in [0.25, 0.3) is 0 Å². The number of rotatable bonds is 7. The first-order chi connectivity index (χ1) is 8.21. The molecule has 1 N–H and O–H groups in total. The molecule has 0 spiro atoms. The number of anilines is 2. The van der Waals surface area contributed by atoms with Crippen LogP contribution in [-0.2, 0) is 6.42 Å². The van der Waals surface area contributed by atoms with Gasteiger partial charge in [-0.05, 0) is 12.7 Å². The van der Waals surface area contributed by atoms with Crippen LogP contribution in [0.15, 0.2) is 6.07 Å². The Morgan fingerprint density at radius 2 is 2.18 bits per heavy atom. The fourth-order valence-corrected chi connectivity index (χ4v) is 1.94. The van der Waals surface area contributed by atoms with Crippen LogP contribution in [0, 0.1) is 0 Å². The van der Waals surface area contributed by atoms with Crippen molar-refractivity contribution >= 4 is 23.4 Å². The first-order valence-electron chi connectivity index (χ1n) is 5.97. The maximum Gasteiger partial charge on any atom is 0.134 e. The lowest BCUT2D eigenvalue weighted by Gasteiger charge is -2.19. The van der Waals surface area contributed by atoms with E-state index in [2.05, 4.69) is 40.4 Å². The SMILES string of the molecule is CCCc1nc(NC)cc(N(C)CCSC)n1. The molecule has 0 saturated carbocycles. The number of hydrogen-bond acceptors (Lipinski definition) is 5. The molecule has 0 aliphatic heterocycles. The number of aromatic nitrogens is 2. The minimum Gasteiger partial charge on any atom is -0.373 e. The molecule has 0 amide bonds. The minimum absolute atomic E-state index is 0.898. The van der Waals surface area contributed by atoms with Crippen molar-refractivity contribution in [1.82, 2.24) is 9.97 Å². The van der Waals surface area contributed by atoms with Crippen LogP contribution in [0.1, 0.15) is 19.2 Å². The molecule has 0 unspecified atom stereocenters. The zero-order chi connectivity index (χ0) is 12.7. The quantitative estimate of drug-likeness (QED) is 0.808. The largest absolute Gasteiger partial charge is 0.373 e. The summed E-state index contributed by atoms with van der Waals surface area (Å²) < 4.78 is 0. The van der Waals surface area contributed by atoms with E-state index in [1.807, 2.05) is 24.9 Å². The number of nitrogens with one attached hydrogen (secondary N) is 1. The third-order valence-corrected chi connectivity index (χ3v) is 3.10. The molecule has 0 radical (unpaired) electrons. The molecule has 1 aromatic rings. The highest BCUT2D eigenvalue weighted by Gasteiger charge is 2.07.